The van der Waals surface area contributed by atoms with Crippen LogP contribution in [0.2, 0.25) is 0 Å². The fourth-order valence-electron chi connectivity index (χ4n) is 3.08. The van der Waals surface area contributed by atoms with Crippen LogP contribution in [0.25, 0.3) is 0 Å². The van der Waals surface area contributed by atoms with Crippen LogP contribution in [-0.2, 0) is 11.3 Å². The molecule has 0 spiro atoms. The Balaban J connectivity index is 1.65. The van der Waals surface area contributed by atoms with Crippen molar-refractivity contribution in [2.75, 3.05) is 11.1 Å². The van der Waals surface area contributed by atoms with Crippen LogP contribution in [0.3, 0.4) is 0 Å². The van der Waals surface area contributed by atoms with Crippen molar-refractivity contribution >= 4 is 23.4 Å². The average Bonchev–Trinajstić information content (AvgIpc) is 3.14. The van der Waals surface area contributed by atoms with Crippen molar-refractivity contribution in [3.63, 3.8) is 0 Å². The molecule has 7 heteroatoms. The van der Waals surface area contributed by atoms with E-state index in [1.807, 2.05) is 61.7 Å². The van der Waals surface area contributed by atoms with Gasteiger partial charge in [-0.2, -0.15) is 0 Å². The highest BCUT2D eigenvalue weighted by Crippen LogP contribution is 2.26. The molecule has 30 heavy (non-hydrogen) atoms. The Kier molecular flexibility index (Phi) is 7.15. The molecule has 0 aliphatic rings. The van der Waals surface area contributed by atoms with Crippen molar-refractivity contribution in [3.8, 4) is 5.75 Å². The summed E-state index contributed by atoms with van der Waals surface area (Å²) < 4.78 is 8.10. The Morgan fingerprint density at radius 1 is 1.10 bits per heavy atom. The third-order valence-corrected chi connectivity index (χ3v) is 5.93. The zero-order valence-corrected chi connectivity index (χ0v) is 18.9. The van der Waals surface area contributed by atoms with Crippen LogP contribution in [0.15, 0.2) is 47.6 Å². The number of nitrogens with zero attached hydrogens (tertiary/aromatic N) is 3. The summed E-state index contributed by atoms with van der Waals surface area (Å²) in [6.07, 6.45) is -0.255. The lowest BCUT2D eigenvalue weighted by Crippen LogP contribution is -2.16. The molecule has 1 atom stereocenters. The topological polar surface area (TPSA) is 69.0 Å². The Labute approximate surface area is 182 Å². The van der Waals surface area contributed by atoms with Crippen LogP contribution in [0.1, 0.15) is 42.5 Å². The molecule has 6 nitrogen and oxygen atoms in total. The maximum atomic E-state index is 12.4. The lowest BCUT2D eigenvalue weighted by atomic mass is 10.1. The molecule has 1 aromatic heterocycles. The van der Waals surface area contributed by atoms with E-state index in [-0.39, 0.29) is 17.8 Å². The van der Waals surface area contributed by atoms with Gasteiger partial charge in [0.05, 0.1) is 5.75 Å². The van der Waals surface area contributed by atoms with Gasteiger partial charge >= 0.3 is 0 Å². The summed E-state index contributed by atoms with van der Waals surface area (Å²) in [7, 11) is 0. The minimum absolute atomic E-state index is 0.0686. The SMILES string of the molecule is CCn1c(SCC(=O)Nc2ccccc2C)nnc1C(C)Oc1ccc(C)c(C)c1. The average molecular weight is 425 g/mol. The highest BCUT2D eigenvalue weighted by atomic mass is 32.2. The van der Waals surface area contributed by atoms with Gasteiger partial charge in [0.1, 0.15) is 5.75 Å². The lowest BCUT2D eigenvalue weighted by molar-refractivity contribution is -0.113. The number of para-hydroxylation sites is 1. The van der Waals surface area contributed by atoms with E-state index in [1.165, 1.54) is 22.9 Å². The van der Waals surface area contributed by atoms with Crippen LogP contribution in [0.5, 0.6) is 5.75 Å². The van der Waals surface area contributed by atoms with Gasteiger partial charge in [0.15, 0.2) is 17.1 Å². The lowest BCUT2D eigenvalue weighted by Gasteiger charge is -2.16. The number of hydrogen-bond donors (Lipinski definition) is 1. The molecule has 1 heterocycles. The number of aromatic nitrogens is 3. The molecule has 2 aromatic carbocycles. The van der Waals surface area contributed by atoms with E-state index in [0.29, 0.717) is 11.7 Å². The Morgan fingerprint density at radius 3 is 2.57 bits per heavy atom. The number of nitrogens with one attached hydrogen (secondary N) is 1. The van der Waals surface area contributed by atoms with Crippen molar-refractivity contribution in [1.29, 1.82) is 0 Å². The molecule has 1 amide bonds. The first-order valence-electron chi connectivity index (χ1n) is 10.0. The molecule has 3 aromatic rings. The first kappa shape index (κ1) is 21.9. The predicted molar refractivity (Wildman–Crippen MR) is 121 cm³/mol. The van der Waals surface area contributed by atoms with Crippen molar-refractivity contribution < 1.29 is 9.53 Å². The first-order valence-corrected chi connectivity index (χ1v) is 11.0. The van der Waals surface area contributed by atoms with E-state index < -0.39 is 0 Å². The molecule has 158 valence electrons. The summed E-state index contributed by atoms with van der Waals surface area (Å²) in [5.74, 6) is 1.75. The Hall–Kier alpha value is -2.80. The number of benzene rings is 2. The van der Waals surface area contributed by atoms with Crippen LogP contribution in [0, 0.1) is 20.8 Å². The van der Waals surface area contributed by atoms with Gasteiger partial charge in [-0.1, -0.05) is 36.0 Å². The van der Waals surface area contributed by atoms with E-state index in [2.05, 4.69) is 35.4 Å². The molecule has 0 saturated carbocycles. The van der Waals surface area contributed by atoms with Gasteiger partial charge in [-0.05, 0) is 69.5 Å². The largest absolute Gasteiger partial charge is 0.483 e. The third-order valence-electron chi connectivity index (χ3n) is 4.97. The molecule has 0 fully saturated rings. The Morgan fingerprint density at radius 2 is 1.87 bits per heavy atom. The number of carbonyl (C=O) groups excluding carboxylic acids is 1. The zero-order chi connectivity index (χ0) is 21.7. The molecule has 1 unspecified atom stereocenters. The number of amides is 1. The van der Waals surface area contributed by atoms with Gasteiger partial charge in [-0.25, -0.2) is 0 Å². The Bertz CT molecular complexity index is 1030. The maximum absolute atomic E-state index is 12.4. The van der Waals surface area contributed by atoms with Crippen molar-refractivity contribution in [3.05, 3.63) is 65.0 Å². The van der Waals surface area contributed by atoms with Gasteiger partial charge in [-0.15, -0.1) is 10.2 Å². The first-order chi connectivity index (χ1) is 14.4. The fraction of sp³-hybridized carbons (Fsp3) is 0.348. The van der Waals surface area contributed by atoms with Crippen molar-refractivity contribution in [1.82, 2.24) is 14.8 Å². The van der Waals surface area contributed by atoms with E-state index in [9.17, 15) is 4.79 Å². The number of hydrogen-bond acceptors (Lipinski definition) is 5. The standard InChI is InChI=1S/C23H28N4O2S/c1-6-27-22(18(5)29-19-12-11-15(2)17(4)13-19)25-26-23(27)30-14-21(28)24-20-10-8-7-9-16(20)3/h7-13,18H,6,14H2,1-5H3,(H,24,28). The molecule has 0 aliphatic carbocycles. The van der Waals surface area contributed by atoms with E-state index in [1.54, 1.807) is 0 Å². The molecule has 3 rings (SSSR count). The van der Waals surface area contributed by atoms with Crippen molar-refractivity contribution in [2.45, 2.75) is 52.4 Å². The summed E-state index contributed by atoms with van der Waals surface area (Å²) in [6.45, 7) is 10.8. The number of thioether (sulfide) groups is 1. The molecule has 0 aliphatic heterocycles. The van der Waals surface area contributed by atoms with E-state index >= 15 is 0 Å². The number of carbonyl (C=O) groups is 1. The zero-order valence-electron chi connectivity index (χ0n) is 18.1. The highest BCUT2D eigenvalue weighted by molar-refractivity contribution is 7.99. The summed E-state index contributed by atoms with van der Waals surface area (Å²) in [5.41, 5.74) is 4.28. The molecule has 0 saturated heterocycles. The molecule has 0 radical (unpaired) electrons. The number of ether oxygens (including phenoxy) is 1. The molecule has 1 N–H and O–H groups in total. The number of anilines is 1. The van der Waals surface area contributed by atoms with E-state index in [4.69, 9.17) is 4.74 Å². The minimum atomic E-state index is -0.255. The fourth-order valence-corrected chi connectivity index (χ4v) is 3.89. The summed E-state index contributed by atoms with van der Waals surface area (Å²) in [5, 5.41) is 12.3. The second kappa shape index (κ2) is 9.80. The molecule has 0 bridgehead atoms. The van der Waals surface area contributed by atoms with Crippen LogP contribution < -0.4 is 10.1 Å². The smallest absolute Gasteiger partial charge is 0.234 e. The molecular formula is C23H28N4O2S. The van der Waals surface area contributed by atoms with Gasteiger partial charge in [0, 0.05) is 12.2 Å². The quantitative estimate of drug-likeness (QED) is 0.510. The summed E-state index contributed by atoms with van der Waals surface area (Å²) in [4.78, 5) is 12.4. The second-order valence-corrected chi connectivity index (χ2v) is 8.19. The molecular weight excluding hydrogens is 396 g/mol. The van der Waals surface area contributed by atoms with Crippen molar-refractivity contribution in [2.24, 2.45) is 0 Å². The van der Waals surface area contributed by atoms with Gasteiger partial charge < -0.3 is 14.6 Å². The van der Waals surface area contributed by atoms with Crippen LogP contribution in [0.4, 0.5) is 5.69 Å². The predicted octanol–water partition coefficient (Wildman–Crippen LogP) is 5.09. The van der Waals surface area contributed by atoms with Gasteiger partial charge in [-0.3, -0.25) is 4.79 Å². The number of aryl methyl sites for hydroxylation is 3. The highest BCUT2D eigenvalue weighted by Gasteiger charge is 2.19. The minimum Gasteiger partial charge on any atom is -0.483 e. The van der Waals surface area contributed by atoms with Gasteiger partial charge in [0.25, 0.3) is 0 Å². The third kappa shape index (κ3) is 5.21. The van der Waals surface area contributed by atoms with Crippen LogP contribution in [-0.4, -0.2) is 26.4 Å². The van der Waals surface area contributed by atoms with Gasteiger partial charge in [0.2, 0.25) is 5.91 Å². The normalized spacial score (nSPS) is 11.9. The van der Waals surface area contributed by atoms with Crippen LogP contribution >= 0.6 is 11.8 Å². The van der Waals surface area contributed by atoms with E-state index in [0.717, 1.165) is 22.8 Å². The number of rotatable bonds is 8. The monoisotopic (exact) mass is 424 g/mol. The second-order valence-electron chi connectivity index (χ2n) is 7.24. The maximum Gasteiger partial charge on any atom is 0.234 e. The summed E-state index contributed by atoms with van der Waals surface area (Å²) in [6, 6.07) is 13.8. The summed E-state index contributed by atoms with van der Waals surface area (Å²) >= 11 is 1.38.